The van der Waals surface area contributed by atoms with Crippen molar-refractivity contribution in [3.63, 3.8) is 0 Å². The lowest BCUT2D eigenvalue weighted by atomic mass is 10.2. The first-order valence-electron chi connectivity index (χ1n) is 4.24. The Labute approximate surface area is 81.3 Å². The van der Waals surface area contributed by atoms with Gasteiger partial charge in [0, 0.05) is 11.5 Å². The highest BCUT2D eigenvalue weighted by atomic mass is 79.9. The van der Waals surface area contributed by atoms with E-state index in [0.717, 1.165) is 17.4 Å². The Morgan fingerprint density at radius 1 is 1.67 bits per heavy atom. The Morgan fingerprint density at radius 2 is 2.42 bits per heavy atom. The van der Waals surface area contributed by atoms with Gasteiger partial charge < -0.3 is 0 Å². The van der Waals surface area contributed by atoms with Crippen LogP contribution in [-0.4, -0.2) is 15.0 Å². The molecule has 0 aromatic carbocycles. The molecule has 4 heteroatoms. The van der Waals surface area contributed by atoms with Gasteiger partial charge in [-0.3, -0.25) is 0 Å². The Bertz CT molecular complexity index is 234. The van der Waals surface area contributed by atoms with Gasteiger partial charge in [0.25, 0.3) is 0 Å². The molecule has 0 bridgehead atoms. The van der Waals surface area contributed by atoms with Crippen LogP contribution in [0.4, 0.5) is 0 Å². The fourth-order valence-electron chi connectivity index (χ4n) is 1.14. The molecular formula is C8H14BrN3. The van der Waals surface area contributed by atoms with Crippen molar-refractivity contribution in [3.8, 4) is 0 Å². The zero-order chi connectivity index (χ0) is 8.97. The minimum atomic E-state index is 0.468. The first-order chi connectivity index (χ1) is 5.77. The normalized spacial score (nSPS) is 13.2. The van der Waals surface area contributed by atoms with Crippen LogP contribution in [0.25, 0.3) is 0 Å². The van der Waals surface area contributed by atoms with Gasteiger partial charge in [-0.25, -0.2) is 4.68 Å². The molecular weight excluding hydrogens is 218 g/mol. The number of rotatable bonds is 4. The smallest absolute Gasteiger partial charge is 0.0932 e. The summed E-state index contributed by atoms with van der Waals surface area (Å²) < 4.78 is 1.93. The zero-order valence-corrected chi connectivity index (χ0v) is 9.08. The Kier molecular flexibility index (Phi) is 3.72. The van der Waals surface area contributed by atoms with E-state index >= 15 is 0 Å². The van der Waals surface area contributed by atoms with Gasteiger partial charge in [0.15, 0.2) is 0 Å². The molecule has 0 N–H and O–H groups in total. The molecule has 0 spiro atoms. The van der Waals surface area contributed by atoms with E-state index in [-0.39, 0.29) is 0 Å². The predicted octanol–water partition coefficient (Wildman–Crippen LogP) is 2.53. The third-order valence-electron chi connectivity index (χ3n) is 1.85. The maximum absolute atomic E-state index is 4.04. The molecule has 1 unspecified atom stereocenters. The molecule has 1 heterocycles. The molecule has 1 aromatic rings. The molecule has 1 aromatic heterocycles. The molecule has 0 saturated carbocycles. The van der Waals surface area contributed by atoms with Crippen molar-refractivity contribution in [2.45, 2.75) is 38.1 Å². The second kappa shape index (κ2) is 4.60. The highest BCUT2D eigenvalue weighted by molar-refractivity contribution is 9.08. The molecule has 0 radical (unpaired) electrons. The van der Waals surface area contributed by atoms with Crippen molar-refractivity contribution in [1.29, 1.82) is 0 Å². The second-order valence-corrected chi connectivity index (χ2v) is 3.52. The number of aromatic nitrogens is 3. The van der Waals surface area contributed by atoms with Crippen LogP contribution in [0.2, 0.25) is 0 Å². The van der Waals surface area contributed by atoms with Gasteiger partial charge in [0.1, 0.15) is 0 Å². The average molecular weight is 232 g/mol. The molecule has 0 saturated heterocycles. The summed E-state index contributed by atoms with van der Waals surface area (Å²) in [5.41, 5.74) is 0.998. The summed E-state index contributed by atoms with van der Waals surface area (Å²) in [6.45, 7) is 4.34. The third kappa shape index (κ3) is 2.30. The number of hydrogen-bond acceptors (Lipinski definition) is 2. The van der Waals surface area contributed by atoms with Gasteiger partial charge in [-0.2, -0.15) is 0 Å². The summed E-state index contributed by atoms with van der Waals surface area (Å²) in [7, 11) is 0. The van der Waals surface area contributed by atoms with Gasteiger partial charge in [0.05, 0.1) is 11.7 Å². The van der Waals surface area contributed by atoms with Crippen molar-refractivity contribution >= 4 is 15.9 Å². The fourth-order valence-corrected chi connectivity index (χ4v) is 1.40. The van der Waals surface area contributed by atoms with E-state index in [2.05, 4.69) is 40.1 Å². The fraction of sp³-hybridized carbons (Fsp3) is 0.750. The van der Waals surface area contributed by atoms with Crippen LogP contribution in [0, 0.1) is 0 Å². The number of alkyl halides is 1. The SMILES string of the molecule is CCCC(C)n1cc(CBr)nn1. The van der Waals surface area contributed by atoms with Gasteiger partial charge in [-0.05, 0) is 13.3 Å². The number of hydrogen-bond donors (Lipinski definition) is 0. The summed E-state index contributed by atoms with van der Waals surface area (Å²) in [6, 6.07) is 0.468. The van der Waals surface area contributed by atoms with Crippen LogP contribution in [0.3, 0.4) is 0 Å². The Hall–Kier alpha value is -0.380. The Balaban J connectivity index is 2.61. The molecule has 1 atom stereocenters. The van der Waals surface area contributed by atoms with E-state index in [1.165, 1.54) is 6.42 Å². The van der Waals surface area contributed by atoms with Crippen molar-refractivity contribution in [2.75, 3.05) is 0 Å². The topological polar surface area (TPSA) is 30.7 Å². The molecule has 0 fully saturated rings. The Morgan fingerprint density at radius 3 is 2.92 bits per heavy atom. The standard InChI is InChI=1S/C8H14BrN3/c1-3-4-7(2)12-6-8(5-9)10-11-12/h6-7H,3-5H2,1-2H3. The quantitative estimate of drug-likeness (QED) is 0.747. The lowest BCUT2D eigenvalue weighted by molar-refractivity contribution is 0.443. The van der Waals surface area contributed by atoms with E-state index < -0.39 is 0 Å². The predicted molar refractivity (Wildman–Crippen MR) is 52.3 cm³/mol. The third-order valence-corrected chi connectivity index (χ3v) is 2.43. The molecule has 0 amide bonds. The van der Waals surface area contributed by atoms with E-state index in [1.54, 1.807) is 0 Å². The summed E-state index contributed by atoms with van der Waals surface area (Å²) in [5, 5.41) is 8.83. The molecule has 12 heavy (non-hydrogen) atoms. The summed E-state index contributed by atoms with van der Waals surface area (Å²) in [6.07, 6.45) is 4.34. The van der Waals surface area contributed by atoms with Crippen LogP contribution >= 0.6 is 15.9 Å². The molecule has 1 rings (SSSR count). The zero-order valence-electron chi connectivity index (χ0n) is 7.50. The van der Waals surface area contributed by atoms with E-state index in [9.17, 15) is 0 Å². The lowest BCUT2D eigenvalue weighted by Crippen LogP contribution is -2.05. The van der Waals surface area contributed by atoms with Crippen LogP contribution in [0.1, 0.15) is 38.4 Å². The maximum atomic E-state index is 4.04. The van der Waals surface area contributed by atoms with Crippen LogP contribution in [0.15, 0.2) is 6.20 Å². The first kappa shape index (κ1) is 9.71. The van der Waals surface area contributed by atoms with Crippen molar-refractivity contribution in [2.24, 2.45) is 0 Å². The van der Waals surface area contributed by atoms with Crippen molar-refractivity contribution in [3.05, 3.63) is 11.9 Å². The lowest BCUT2D eigenvalue weighted by Gasteiger charge is -2.08. The van der Waals surface area contributed by atoms with Gasteiger partial charge in [0.2, 0.25) is 0 Å². The van der Waals surface area contributed by atoms with Gasteiger partial charge in [-0.1, -0.05) is 34.5 Å². The number of nitrogens with zero attached hydrogens (tertiary/aromatic N) is 3. The number of halogens is 1. The highest BCUT2D eigenvalue weighted by Gasteiger charge is 2.05. The van der Waals surface area contributed by atoms with E-state index in [0.29, 0.717) is 6.04 Å². The second-order valence-electron chi connectivity index (χ2n) is 2.96. The van der Waals surface area contributed by atoms with E-state index in [1.807, 2.05) is 10.9 Å². The largest absolute Gasteiger partial charge is 0.249 e. The summed E-state index contributed by atoms with van der Waals surface area (Å²) in [4.78, 5) is 0. The van der Waals surface area contributed by atoms with Crippen LogP contribution in [-0.2, 0) is 5.33 Å². The highest BCUT2D eigenvalue weighted by Crippen LogP contribution is 2.11. The molecule has 3 nitrogen and oxygen atoms in total. The molecule has 0 aliphatic carbocycles. The van der Waals surface area contributed by atoms with Gasteiger partial charge >= 0.3 is 0 Å². The monoisotopic (exact) mass is 231 g/mol. The van der Waals surface area contributed by atoms with Crippen LogP contribution in [0.5, 0.6) is 0 Å². The maximum Gasteiger partial charge on any atom is 0.0932 e. The van der Waals surface area contributed by atoms with E-state index in [4.69, 9.17) is 0 Å². The summed E-state index contributed by atoms with van der Waals surface area (Å²) >= 11 is 3.34. The van der Waals surface area contributed by atoms with Gasteiger partial charge in [-0.15, -0.1) is 5.10 Å². The van der Waals surface area contributed by atoms with Crippen molar-refractivity contribution < 1.29 is 0 Å². The van der Waals surface area contributed by atoms with Crippen molar-refractivity contribution in [1.82, 2.24) is 15.0 Å². The molecule has 68 valence electrons. The molecule has 0 aliphatic rings. The average Bonchev–Trinajstić information content (AvgIpc) is 2.52. The molecule has 0 aliphatic heterocycles. The minimum Gasteiger partial charge on any atom is -0.249 e. The minimum absolute atomic E-state index is 0.468. The summed E-state index contributed by atoms with van der Waals surface area (Å²) in [5.74, 6) is 0. The van der Waals surface area contributed by atoms with Crippen LogP contribution < -0.4 is 0 Å². The first-order valence-corrected chi connectivity index (χ1v) is 5.36.